The molecular weight excluding hydrogens is 346 g/mol. The maximum atomic E-state index is 12.3. The van der Waals surface area contributed by atoms with Crippen molar-refractivity contribution in [2.75, 3.05) is 4.72 Å². The van der Waals surface area contributed by atoms with E-state index in [0.717, 1.165) is 11.3 Å². The molecule has 0 amide bonds. The molecular formula is C17H13NO4S2. The van der Waals surface area contributed by atoms with Crippen molar-refractivity contribution in [2.45, 2.75) is 4.21 Å². The summed E-state index contributed by atoms with van der Waals surface area (Å²) in [7, 11) is -3.60. The lowest BCUT2D eigenvalue weighted by Crippen LogP contribution is -2.11. The van der Waals surface area contributed by atoms with Gasteiger partial charge in [0.25, 0.3) is 10.0 Å². The lowest BCUT2D eigenvalue weighted by Gasteiger charge is -2.07. The lowest BCUT2D eigenvalue weighted by atomic mass is 10.0. The highest BCUT2D eigenvalue weighted by Crippen LogP contribution is 2.21. The number of hydrogen-bond acceptors (Lipinski definition) is 5. The first-order valence-corrected chi connectivity index (χ1v) is 9.32. The summed E-state index contributed by atoms with van der Waals surface area (Å²) in [4.78, 5) is 12.3. The fourth-order valence-electron chi connectivity index (χ4n) is 2.09. The van der Waals surface area contributed by atoms with Crippen molar-refractivity contribution in [3.63, 3.8) is 0 Å². The lowest BCUT2D eigenvalue weighted by molar-refractivity contribution is 0.103. The van der Waals surface area contributed by atoms with Crippen molar-refractivity contribution in [3.8, 4) is 5.75 Å². The molecule has 0 aliphatic rings. The largest absolute Gasteiger partial charge is 0.508 e. The summed E-state index contributed by atoms with van der Waals surface area (Å²) in [5, 5.41) is 10.9. The smallest absolute Gasteiger partial charge is 0.271 e. The van der Waals surface area contributed by atoms with Gasteiger partial charge in [0, 0.05) is 16.8 Å². The number of aromatic hydroxyl groups is 1. The Morgan fingerprint density at radius 2 is 1.50 bits per heavy atom. The van der Waals surface area contributed by atoms with Crippen LogP contribution in [0.3, 0.4) is 0 Å². The first-order valence-electron chi connectivity index (χ1n) is 6.96. The maximum absolute atomic E-state index is 12.3. The molecule has 3 rings (SSSR count). The van der Waals surface area contributed by atoms with Crippen LogP contribution in [-0.2, 0) is 10.0 Å². The van der Waals surface area contributed by atoms with Crippen molar-refractivity contribution >= 4 is 32.8 Å². The van der Waals surface area contributed by atoms with Crippen LogP contribution in [0.1, 0.15) is 15.9 Å². The average molecular weight is 359 g/mol. The number of carbonyl (C=O) groups is 1. The fraction of sp³-hybridized carbons (Fsp3) is 0. The van der Waals surface area contributed by atoms with Crippen LogP contribution < -0.4 is 4.72 Å². The van der Waals surface area contributed by atoms with E-state index in [-0.39, 0.29) is 15.7 Å². The zero-order chi connectivity index (χ0) is 17.2. The summed E-state index contributed by atoms with van der Waals surface area (Å²) in [5.41, 5.74) is 1.25. The van der Waals surface area contributed by atoms with E-state index < -0.39 is 10.0 Å². The molecule has 0 fully saturated rings. The van der Waals surface area contributed by atoms with Gasteiger partial charge >= 0.3 is 0 Å². The molecule has 1 heterocycles. The minimum Gasteiger partial charge on any atom is -0.508 e. The van der Waals surface area contributed by atoms with Crippen molar-refractivity contribution in [2.24, 2.45) is 0 Å². The number of ketones is 1. The minimum absolute atomic E-state index is 0.0879. The molecule has 0 spiro atoms. The number of rotatable bonds is 5. The Labute approximate surface area is 143 Å². The van der Waals surface area contributed by atoms with Gasteiger partial charge in [-0.25, -0.2) is 8.42 Å². The molecule has 1 aromatic heterocycles. The van der Waals surface area contributed by atoms with Gasteiger partial charge in [-0.2, -0.15) is 0 Å². The van der Waals surface area contributed by atoms with E-state index in [1.165, 1.54) is 30.3 Å². The van der Waals surface area contributed by atoms with Crippen molar-refractivity contribution in [1.82, 2.24) is 0 Å². The molecule has 5 nitrogen and oxygen atoms in total. The van der Waals surface area contributed by atoms with Gasteiger partial charge in [-0.15, -0.1) is 11.3 Å². The van der Waals surface area contributed by atoms with Crippen LogP contribution >= 0.6 is 11.3 Å². The minimum atomic E-state index is -3.60. The number of hydrogen-bond donors (Lipinski definition) is 2. The van der Waals surface area contributed by atoms with E-state index in [0.29, 0.717) is 16.8 Å². The molecule has 3 aromatic rings. The topological polar surface area (TPSA) is 83.5 Å². The monoisotopic (exact) mass is 359 g/mol. The number of benzene rings is 2. The molecule has 2 N–H and O–H groups in total. The van der Waals surface area contributed by atoms with Crippen molar-refractivity contribution in [1.29, 1.82) is 0 Å². The van der Waals surface area contributed by atoms with Crippen LogP contribution in [0.4, 0.5) is 5.69 Å². The Morgan fingerprint density at radius 1 is 0.917 bits per heavy atom. The summed E-state index contributed by atoms with van der Waals surface area (Å²) in [6, 6.07) is 15.3. The first-order chi connectivity index (χ1) is 11.5. The highest BCUT2D eigenvalue weighted by Gasteiger charge is 2.15. The van der Waals surface area contributed by atoms with Crippen LogP contribution in [0.15, 0.2) is 70.3 Å². The normalized spacial score (nSPS) is 11.2. The van der Waals surface area contributed by atoms with Crippen molar-refractivity contribution in [3.05, 3.63) is 77.2 Å². The molecule has 0 radical (unpaired) electrons. The molecule has 0 aliphatic carbocycles. The average Bonchev–Trinajstić information content (AvgIpc) is 3.11. The summed E-state index contributed by atoms with van der Waals surface area (Å²) >= 11 is 1.13. The predicted octanol–water partition coefficient (Wildman–Crippen LogP) is 3.49. The number of anilines is 1. The van der Waals surface area contributed by atoms with Crippen LogP contribution in [0.2, 0.25) is 0 Å². The van der Waals surface area contributed by atoms with Gasteiger partial charge in [-0.1, -0.05) is 6.07 Å². The van der Waals surface area contributed by atoms with Crippen LogP contribution in [-0.4, -0.2) is 19.3 Å². The van der Waals surface area contributed by atoms with Crippen LogP contribution in [0, 0.1) is 0 Å². The quantitative estimate of drug-likeness (QED) is 0.683. The number of sulfonamides is 1. The molecule has 2 aromatic carbocycles. The Bertz CT molecular complexity index is 945. The number of phenols is 1. The third-order valence-corrected chi connectivity index (χ3v) is 6.07. The number of thiophene rings is 1. The number of nitrogens with one attached hydrogen (secondary N) is 1. The summed E-state index contributed by atoms with van der Waals surface area (Å²) in [5.74, 6) is -0.118. The molecule has 122 valence electrons. The van der Waals surface area contributed by atoms with Gasteiger partial charge in [0.2, 0.25) is 0 Å². The summed E-state index contributed by atoms with van der Waals surface area (Å²) < 4.78 is 27.0. The molecule has 24 heavy (non-hydrogen) atoms. The van der Waals surface area contributed by atoms with Gasteiger partial charge in [0.15, 0.2) is 5.78 Å². The third kappa shape index (κ3) is 3.47. The highest BCUT2D eigenvalue weighted by molar-refractivity contribution is 7.94. The van der Waals surface area contributed by atoms with E-state index in [2.05, 4.69) is 4.72 Å². The maximum Gasteiger partial charge on any atom is 0.271 e. The third-order valence-electron chi connectivity index (χ3n) is 3.29. The molecule has 0 unspecified atom stereocenters. The predicted molar refractivity (Wildman–Crippen MR) is 93.1 cm³/mol. The SMILES string of the molecule is O=C(c1ccc(O)cc1)c1ccc(NS(=O)(=O)c2cccs2)cc1. The zero-order valence-electron chi connectivity index (χ0n) is 12.3. The number of phenolic OH excluding ortho intramolecular Hbond substituents is 1. The second-order valence-electron chi connectivity index (χ2n) is 4.99. The van der Waals surface area contributed by atoms with E-state index in [4.69, 9.17) is 0 Å². The summed E-state index contributed by atoms with van der Waals surface area (Å²) in [6.45, 7) is 0. The first kappa shape index (κ1) is 16.2. The summed E-state index contributed by atoms with van der Waals surface area (Å²) in [6.07, 6.45) is 0. The van der Waals surface area contributed by atoms with Gasteiger partial charge in [0.1, 0.15) is 9.96 Å². The Kier molecular flexibility index (Phi) is 4.37. The van der Waals surface area contributed by atoms with Crippen LogP contribution in [0.5, 0.6) is 5.75 Å². The molecule has 0 saturated heterocycles. The van der Waals surface area contributed by atoms with E-state index >= 15 is 0 Å². The molecule has 7 heteroatoms. The van der Waals surface area contributed by atoms with Gasteiger partial charge in [-0.05, 0) is 60.0 Å². The van der Waals surface area contributed by atoms with E-state index in [1.54, 1.807) is 35.7 Å². The molecule has 0 saturated carbocycles. The Morgan fingerprint density at radius 3 is 2.04 bits per heavy atom. The fourth-order valence-corrected chi connectivity index (χ4v) is 4.14. The molecule has 0 atom stereocenters. The Hall–Kier alpha value is -2.64. The molecule has 0 aliphatic heterocycles. The Balaban J connectivity index is 1.78. The van der Waals surface area contributed by atoms with Gasteiger partial charge in [-0.3, -0.25) is 9.52 Å². The zero-order valence-corrected chi connectivity index (χ0v) is 14.0. The van der Waals surface area contributed by atoms with E-state index in [1.807, 2.05) is 0 Å². The van der Waals surface area contributed by atoms with Gasteiger partial charge in [0.05, 0.1) is 0 Å². The number of carbonyl (C=O) groups excluding carboxylic acids is 1. The second kappa shape index (κ2) is 6.46. The second-order valence-corrected chi connectivity index (χ2v) is 7.85. The molecule has 0 bridgehead atoms. The van der Waals surface area contributed by atoms with Crippen LogP contribution in [0.25, 0.3) is 0 Å². The highest BCUT2D eigenvalue weighted by atomic mass is 32.2. The van der Waals surface area contributed by atoms with Crippen molar-refractivity contribution < 1.29 is 18.3 Å². The van der Waals surface area contributed by atoms with E-state index in [9.17, 15) is 18.3 Å². The van der Waals surface area contributed by atoms with Gasteiger partial charge < -0.3 is 5.11 Å². The standard InChI is InChI=1S/C17H13NO4S2/c19-15-9-5-13(6-10-15)17(20)12-3-7-14(8-4-12)18-24(21,22)16-2-1-11-23-16/h1-11,18-19H.